The van der Waals surface area contributed by atoms with Crippen molar-refractivity contribution < 1.29 is 19.8 Å². The molecule has 3 heterocycles. The Morgan fingerprint density at radius 3 is 2.36 bits per heavy atom. The highest BCUT2D eigenvalue weighted by Gasteiger charge is 2.37. The van der Waals surface area contributed by atoms with E-state index in [0.29, 0.717) is 32.5 Å². The minimum absolute atomic E-state index is 0.0700. The van der Waals surface area contributed by atoms with Crippen molar-refractivity contribution in [2.24, 2.45) is 11.8 Å². The molecule has 2 fully saturated rings. The fourth-order valence-electron chi connectivity index (χ4n) is 6.14. The lowest BCUT2D eigenvalue weighted by Gasteiger charge is -2.42. The quantitative estimate of drug-likeness (QED) is 0.316. The smallest absolute Gasteiger partial charge is 0.239 e. The van der Waals surface area contributed by atoms with Crippen molar-refractivity contribution in [2.45, 2.75) is 89.8 Å². The van der Waals surface area contributed by atoms with Crippen molar-refractivity contribution in [3.05, 3.63) is 60.2 Å². The van der Waals surface area contributed by atoms with E-state index in [-0.39, 0.29) is 42.3 Å². The maximum atomic E-state index is 13.5. The van der Waals surface area contributed by atoms with Crippen LogP contribution < -0.4 is 10.6 Å². The van der Waals surface area contributed by atoms with E-state index in [9.17, 15) is 19.8 Å². The number of aromatic nitrogens is 2. The molecule has 2 aliphatic rings. The Morgan fingerprint density at radius 2 is 1.76 bits per heavy atom. The van der Waals surface area contributed by atoms with Crippen molar-refractivity contribution in [3.63, 3.8) is 0 Å². The van der Waals surface area contributed by atoms with Crippen molar-refractivity contribution in [1.29, 1.82) is 0 Å². The number of carbonyl (C=O) groups excluding carboxylic acids is 2. The summed E-state index contributed by atoms with van der Waals surface area (Å²) in [6.45, 7) is 10.8. The molecule has 1 aliphatic carbocycles. The average Bonchev–Trinajstić information content (AvgIpc) is 3.25. The largest absolute Gasteiger partial charge is 0.392 e. The number of pyridine rings is 2. The van der Waals surface area contributed by atoms with Crippen molar-refractivity contribution in [2.75, 3.05) is 26.2 Å². The first kappa shape index (κ1) is 32.0. The van der Waals surface area contributed by atoms with Gasteiger partial charge in [0.25, 0.3) is 0 Å². The summed E-state index contributed by atoms with van der Waals surface area (Å²) in [5, 5.41) is 28.0. The minimum atomic E-state index is -0.821. The molecular weight excluding hydrogens is 532 g/mol. The van der Waals surface area contributed by atoms with Crippen LogP contribution in [0.2, 0.25) is 0 Å². The van der Waals surface area contributed by atoms with Gasteiger partial charge in [0.15, 0.2) is 0 Å². The molecule has 0 unspecified atom stereocenters. The number of hydrogen-bond donors (Lipinski definition) is 4. The lowest BCUT2D eigenvalue weighted by molar-refractivity contribution is -0.132. The van der Waals surface area contributed by atoms with Crippen LogP contribution in [0.25, 0.3) is 0 Å². The molecule has 230 valence electrons. The standard InChI is InChI=1S/C32H48N6O4/c1-22-9-10-28(40)29(22)35-30(41)25(15-23-7-5-11-33-17-23)16-26(39)20-38-14-13-37(19-24-8-6-12-34-18-24)21-27(38)31(42)36-32(2,3)4/h5-8,11-12,17-18,22,25-29,39-40H,9-10,13-16,19-21H2,1-4H3,(H,35,41)(H,36,42)/t22-,25-,26+,27+,28-,29+/m1/s1. The molecule has 10 heteroatoms. The van der Waals surface area contributed by atoms with E-state index < -0.39 is 24.2 Å². The number of aliphatic hydroxyl groups is 2. The van der Waals surface area contributed by atoms with Crippen LogP contribution in [0.5, 0.6) is 0 Å². The Labute approximate surface area is 249 Å². The minimum Gasteiger partial charge on any atom is -0.392 e. The molecular formula is C32H48N6O4. The summed E-state index contributed by atoms with van der Waals surface area (Å²) in [6.07, 6.45) is 7.87. The Bertz CT molecular complexity index is 1130. The third kappa shape index (κ3) is 9.29. The number of amides is 2. The van der Waals surface area contributed by atoms with Crippen molar-refractivity contribution in [1.82, 2.24) is 30.4 Å². The lowest BCUT2D eigenvalue weighted by Crippen LogP contribution is -2.62. The van der Waals surface area contributed by atoms with Crippen LogP contribution in [-0.2, 0) is 22.6 Å². The molecule has 0 radical (unpaired) electrons. The van der Waals surface area contributed by atoms with E-state index in [0.717, 1.165) is 24.1 Å². The van der Waals surface area contributed by atoms with E-state index in [2.05, 4.69) is 25.5 Å². The molecule has 1 saturated heterocycles. The van der Waals surface area contributed by atoms with Gasteiger partial charge in [0.05, 0.1) is 18.2 Å². The maximum Gasteiger partial charge on any atom is 0.239 e. The zero-order valence-electron chi connectivity index (χ0n) is 25.4. The monoisotopic (exact) mass is 580 g/mol. The zero-order chi connectivity index (χ0) is 30.3. The first-order valence-electron chi connectivity index (χ1n) is 15.2. The number of β-amino-alcohol motifs (C(OH)–C–C–N with tert-alkyl or cyclic N) is 1. The van der Waals surface area contributed by atoms with Gasteiger partial charge in [-0.05, 0) is 75.6 Å². The summed E-state index contributed by atoms with van der Waals surface area (Å²) in [7, 11) is 0. The van der Waals surface area contributed by atoms with Gasteiger partial charge in [-0.3, -0.25) is 29.4 Å². The number of aliphatic hydroxyl groups excluding tert-OH is 2. The molecule has 10 nitrogen and oxygen atoms in total. The van der Waals surface area contributed by atoms with Gasteiger partial charge in [-0.2, -0.15) is 0 Å². The first-order chi connectivity index (χ1) is 20.0. The Kier molecular flexibility index (Phi) is 11.1. The summed E-state index contributed by atoms with van der Waals surface area (Å²) < 4.78 is 0. The second-order valence-corrected chi connectivity index (χ2v) is 13.2. The molecule has 4 rings (SSSR count). The number of rotatable bonds is 11. The highest BCUT2D eigenvalue weighted by Crippen LogP contribution is 2.27. The molecule has 2 aromatic rings. The van der Waals surface area contributed by atoms with Gasteiger partial charge in [-0.1, -0.05) is 19.1 Å². The summed E-state index contributed by atoms with van der Waals surface area (Å²) >= 11 is 0. The third-order valence-electron chi connectivity index (χ3n) is 8.34. The SMILES string of the molecule is C[C@@H]1CC[C@@H](O)[C@H]1NC(=O)[C@H](Cc1cccnc1)C[C@H](O)CN1CCN(Cc2cccnc2)C[C@H]1C(=O)NC(C)(C)C. The van der Waals surface area contributed by atoms with Crippen molar-refractivity contribution >= 4 is 11.8 Å². The molecule has 0 aromatic carbocycles. The van der Waals surface area contributed by atoms with Crippen LogP contribution >= 0.6 is 0 Å². The normalized spacial score (nSPS) is 25.1. The molecule has 0 spiro atoms. The van der Waals surface area contributed by atoms with Crippen LogP contribution in [0.1, 0.15) is 58.1 Å². The molecule has 1 aliphatic heterocycles. The van der Waals surface area contributed by atoms with Crippen LogP contribution in [0, 0.1) is 11.8 Å². The topological polar surface area (TPSA) is 131 Å². The van der Waals surface area contributed by atoms with Gasteiger partial charge in [0.2, 0.25) is 11.8 Å². The number of piperazine rings is 1. The molecule has 2 aromatic heterocycles. The number of carbonyl (C=O) groups is 2. The average molecular weight is 581 g/mol. The molecule has 2 amide bonds. The van der Waals surface area contributed by atoms with Gasteiger partial charge in [0, 0.05) is 69.0 Å². The number of nitrogens with one attached hydrogen (secondary N) is 2. The van der Waals surface area contributed by atoms with E-state index in [1.54, 1.807) is 18.6 Å². The zero-order valence-corrected chi connectivity index (χ0v) is 25.4. The highest BCUT2D eigenvalue weighted by molar-refractivity contribution is 5.83. The van der Waals surface area contributed by atoms with E-state index in [1.807, 2.05) is 63.1 Å². The van der Waals surface area contributed by atoms with Gasteiger partial charge >= 0.3 is 0 Å². The second-order valence-electron chi connectivity index (χ2n) is 13.2. The fourth-order valence-corrected chi connectivity index (χ4v) is 6.14. The lowest BCUT2D eigenvalue weighted by atomic mass is 9.92. The van der Waals surface area contributed by atoms with Gasteiger partial charge < -0.3 is 20.8 Å². The van der Waals surface area contributed by atoms with E-state index >= 15 is 0 Å². The van der Waals surface area contributed by atoms with E-state index in [4.69, 9.17) is 0 Å². The Balaban J connectivity index is 1.45. The van der Waals surface area contributed by atoms with Gasteiger partial charge in [-0.25, -0.2) is 0 Å². The summed E-state index contributed by atoms with van der Waals surface area (Å²) in [5.41, 5.74) is 1.62. The predicted molar refractivity (Wildman–Crippen MR) is 161 cm³/mol. The third-order valence-corrected chi connectivity index (χ3v) is 8.34. The highest BCUT2D eigenvalue weighted by atomic mass is 16.3. The maximum absolute atomic E-state index is 13.5. The molecule has 4 N–H and O–H groups in total. The summed E-state index contributed by atoms with van der Waals surface area (Å²) in [4.78, 5) is 39.7. The van der Waals surface area contributed by atoms with Crippen LogP contribution in [0.15, 0.2) is 49.1 Å². The number of hydrogen-bond acceptors (Lipinski definition) is 8. The number of nitrogens with zero attached hydrogens (tertiary/aromatic N) is 4. The summed E-state index contributed by atoms with van der Waals surface area (Å²) in [5.74, 6) is -0.547. The molecule has 6 atom stereocenters. The van der Waals surface area contributed by atoms with Crippen molar-refractivity contribution in [3.8, 4) is 0 Å². The Hall–Kier alpha value is -2.92. The second kappa shape index (κ2) is 14.5. The molecule has 42 heavy (non-hydrogen) atoms. The Morgan fingerprint density at radius 1 is 1.07 bits per heavy atom. The van der Waals surface area contributed by atoms with E-state index in [1.165, 1.54) is 0 Å². The van der Waals surface area contributed by atoms with Gasteiger partial charge in [-0.15, -0.1) is 0 Å². The summed E-state index contributed by atoms with van der Waals surface area (Å²) in [6, 6.07) is 6.99. The predicted octanol–water partition coefficient (Wildman–Crippen LogP) is 1.76. The van der Waals surface area contributed by atoms with Crippen LogP contribution in [0.4, 0.5) is 0 Å². The molecule has 1 saturated carbocycles. The first-order valence-corrected chi connectivity index (χ1v) is 15.2. The molecule has 0 bridgehead atoms. The van der Waals surface area contributed by atoms with Crippen LogP contribution in [-0.4, -0.2) is 97.8 Å². The van der Waals surface area contributed by atoms with Gasteiger partial charge in [0.1, 0.15) is 6.04 Å². The van der Waals surface area contributed by atoms with Crippen LogP contribution in [0.3, 0.4) is 0 Å². The fraction of sp³-hybridized carbons (Fsp3) is 0.625.